The van der Waals surface area contributed by atoms with Gasteiger partial charge in [-0.25, -0.2) is 9.97 Å². The molecule has 2 heteroatoms. The predicted octanol–water partition coefficient (Wildman–Crippen LogP) is 4.45. The molecule has 2 aromatic rings. The lowest BCUT2D eigenvalue weighted by atomic mass is 10.0. The number of hydrogen-bond donors (Lipinski definition) is 0. The number of aryl methyl sites for hydroxylation is 1. The molecule has 0 bridgehead atoms. The summed E-state index contributed by atoms with van der Waals surface area (Å²) in [5.74, 6) is 2.13. The average molecular weight is 252 g/mol. The van der Waals surface area contributed by atoms with E-state index in [1.165, 1.54) is 29.7 Å². The molecule has 19 heavy (non-hydrogen) atoms. The van der Waals surface area contributed by atoms with E-state index in [0.29, 0.717) is 11.8 Å². The van der Waals surface area contributed by atoms with Crippen molar-refractivity contribution in [2.24, 2.45) is 0 Å². The van der Waals surface area contributed by atoms with Gasteiger partial charge in [0.25, 0.3) is 0 Å². The number of nitrogens with zero attached hydrogens (tertiary/aromatic N) is 2. The maximum Gasteiger partial charge on any atom is 0.126 e. The van der Waals surface area contributed by atoms with Gasteiger partial charge in [-0.15, -0.1) is 0 Å². The van der Waals surface area contributed by atoms with Gasteiger partial charge in [0, 0.05) is 17.2 Å². The van der Waals surface area contributed by atoms with Crippen molar-refractivity contribution >= 4 is 0 Å². The molecule has 0 unspecified atom stereocenters. The highest BCUT2D eigenvalue weighted by atomic mass is 14.9. The second-order valence-electron chi connectivity index (χ2n) is 5.78. The Morgan fingerprint density at radius 2 is 1.74 bits per heavy atom. The zero-order valence-corrected chi connectivity index (χ0v) is 11.9. The monoisotopic (exact) mass is 252 g/mol. The second-order valence-corrected chi connectivity index (χ2v) is 5.78. The van der Waals surface area contributed by atoms with E-state index in [0.717, 1.165) is 11.5 Å². The van der Waals surface area contributed by atoms with Gasteiger partial charge < -0.3 is 0 Å². The molecule has 0 amide bonds. The van der Waals surface area contributed by atoms with E-state index >= 15 is 0 Å². The van der Waals surface area contributed by atoms with Crippen LogP contribution in [0.3, 0.4) is 0 Å². The van der Waals surface area contributed by atoms with Crippen LogP contribution in [0.4, 0.5) is 0 Å². The molecule has 0 saturated heterocycles. The van der Waals surface area contributed by atoms with Gasteiger partial charge in [-0.1, -0.05) is 38.1 Å². The Morgan fingerprint density at radius 1 is 1.05 bits per heavy atom. The minimum atomic E-state index is 0.572. The van der Waals surface area contributed by atoms with Gasteiger partial charge in [-0.3, -0.25) is 0 Å². The van der Waals surface area contributed by atoms with E-state index in [4.69, 9.17) is 0 Å². The van der Waals surface area contributed by atoms with Crippen molar-refractivity contribution in [2.45, 2.75) is 45.4 Å². The Morgan fingerprint density at radius 3 is 2.32 bits per heavy atom. The van der Waals surface area contributed by atoms with Gasteiger partial charge in [0.2, 0.25) is 0 Å². The van der Waals surface area contributed by atoms with Crippen molar-refractivity contribution in [1.29, 1.82) is 0 Å². The molecule has 1 aliphatic carbocycles. The summed E-state index contributed by atoms with van der Waals surface area (Å²) in [6.45, 7) is 6.42. The van der Waals surface area contributed by atoms with Crippen molar-refractivity contribution in [3.05, 3.63) is 47.4 Å². The number of aromatic nitrogens is 2. The highest BCUT2D eigenvalue weighted by molar-refractivity contribution is 5.60. The summed E-state index contributed by atoms with van der Waals surface area (Å²) in [5, 5.41) is 0. The fourth-order valence-corrected chi connectivity index (χ4v) is 2.37. The molecule has 0 N–H and O–H groups in total. The first-order valence-corrected chi connectivity index (χ1v) is 7.09. The predicted molar refractivity (Wildman–Crippen MR) is 78.3 cm³/mol. The smallest absolute Gasteiger partial charge is 0.126 e. The van der Waals surface area contributed by atoms with Crippen LogP contribution < -0.4 is 0 Å². The first-order chi connectivity index (χ1) is 9.13. The van der Waals surface area contributed by atoms with Crippen LogP contribution in [-0.4, -0.2) is 9.97 Å². The van der Waals surface area contributed by atoms with Crippen molar-refractivity contribution in [3.8, 4) is 11.3 Å². The number of hydrogen-bond acceptors (Lipinski definition) is 2. The third kappa shape index (κ3) is 2.67. The highest BCUT2D eigenvalue weighted by Crippen LogP contribution is 2.39. The second kappa shape index (κ2) is 4.76. The van der Waals surface area contributed by atoms with Gasteiger partial charge in [0.1, 0.15) is 5.82 Å². The van der Waals surface area contributed by atoms with Crippen LogP contribution in [0.25, 0.3) is 11.3 Å². The Kier molecular flexibility index (Phi) is 3.09. The maximum atomic E-state index is 4.58. The molecule has 0 aliphatic heterocycles. The summed E-state index contributed by atoms with van der Waals surface area (Å²) in [7, 11) is 0. The minimum Gasteiger partial charge on any atom is -0.238 e. The summed E-state index contributed by atoms with van der Waals surface area (Å²) in [5.41, 5.74) is 4.84. The van der Waals surface area contributed by atoms with Crippen LogP contribution in [-0.2, 0) is 0 Å². The van der Waals surface area contributed by atoms with Gasteiger partial charge in [0.15, 0.2) is 0 Å². The molecule has 2 nitrogen and oxygen atoms in total. The van der Waals surface area contributed by atoms with Crippen LogP contribution >= 0.6 is 0 Å². The Bertz CT molecular complexity index is 581. The molecule has 1 aliphatic rings. The molecular formula is C17H20N2. The fourth-order valence-electron chi connectivity index (χ4n) is 2.37. The normalized spacial score (nSPS) is 14.9. The molecular weight excluding hydrogens is 232 g/mol. The SMILES string of the molecule is Cc1nc(-c2ccc(C(C)C)cc2)cc(C2CC2)n1. The van der Waals surface area contributed by atoms with Crippen molar-refractivity contribution < 1.29 is 0 Å². The van der Waals surface area contributed by atoms with E-state index in [1.54, 1.807) is 0 Å². The molecule has 1 aromatic carbocycles. The fraction of sp³-hybridized carbons (Fsp3) is 0.412. The summed E-state index contributed by atoms with van der Waals surface area (Å²) in [4.78, 5) is 9.13. The van der Waals surface area contributed by atoms with Crippen molar-refractivity contribution in [3.63, 3.8) is 0 Å². The lowest BCUT2D eigenvalue weighted by Gasteiger charge is -2.08. The van der Waals surface area contributed by atoms with Crippen molar-refractivity contribution in [2.75, 3.05) is 0 Å². The van der Waals surface area contributed by atoms with E-state index in [1.807, 2.05) is 6.92 Å². The third-order valence-electron chi connectivity index (χ3n) is 3.73. The topological polar surface area (TPSA) is 25.8 Å². The van der Waals surface area contributed by atoms with E-state index in [2.05, 4.69) is 54.1 Å². The first kappa shape index (κ1) is 12.3. The molecule has 1 fully saturated rings. The largest absolute Gasteiger partial charge is 0.238 e. The summed E-state index contributed by atoms with van der Waals surface area (Å²) < 4.78 is 0. The van der Waals surface area contributed by atoms with E-state index < -0.39 is 0 Å². The Hall–Kier alpha value is -1.70. The molecule has 0 radical (unpaired) electrons. The molecule has 3 rings (SSSR count). The van der Waals surface area contributed by atoms with Crippen molar-refractivity contribution in [1.82, 2.24) is 9.97 Å². The van der Waals surface area contributed by atoms with Crippen LogP contribution in [0.2, 0.25) is 0 Å². The molecule has 98 valence electrons. The Labute approximate surface area is 114 Å². The average Bonchev–Trinajstić information content (AvgIpc) is 3.22. The van der Waals surface area contributed by atoms with Gasteiger partial charge in [-0.05, 0) is 37.3 Å². The molecule has 0 atom stereocenters. The standard InChI is InChI=1S/C17H20N2/c1-11(2)13-4-6-14(7-5-13)16-10-17(15-8-9-15)19-12(3)18-16/h4-7,10-11,15H,8-9H2,1-3H3. The molecule has 1 aromatic heterocycles. The molecule has 0 spiro atoms. The van der Waals surface area contributed by atoms with E-state index in [9.17, 15) is 0 Å². The van der Waals surface area contributed by atoms with Crippen LogP contribution in [0, 0.1) is 6.92 Å². The van der Waals surface area contributed by atoms with Crippen LogP contribution in [0.5, 0.6) is 0 Å². The quantitative estimate of drug-likeness (QED) is 0.806. The summed E-state index contributed by atoms with van der Waals surface area (Å²) in [6, 6.07) is 10.9. The van der Waals surface area contributed by atoms with E-state index in [-0.39, 0.29) is 0 Å². The van der Waals surface area contributed by atoms with Gasteiger partial charge in [-0.2, -0.15) is 0 Å². The van der Waals surface area contributed by atoms with Gasteiger partial charge in [0.05, 0.1) is 5.69 Å². The summed E-state index contributed by atoms with van der Waals surface area (Å²) >= 11 is 0. The highest BCUT2D eigenvalue weighted by Gasteiger charge is 2.25. The molecule has 1 saturated carbocycles. The number of rotatable bonds is 3. The zero-order valence-electron chi connectivity index (χ0n) is 11.9. The lowest BCUT2D eigenvalue weighted by molar-refractivity contribution is 0.867. The zero-order chi connectivity index (χ0) is 13.4. The Balaban J connectivity index is 1.96. The van der Waals surface area contributed by atoms with Crippen LogP contribution in [0.1, 0.15) is 55.6 Å². The van der Waals surface area contributed by atoms with Gasteiger partial charge >= 0.3 is 0 Å². The first-order valence-electron chi connectivity index (χ1n) is 7.09. The summed E-state index contributed by atoms with van der Waals surface area (Å²) in [6.07, 6.45) is 2.56. The molecule has 1 heterocycles. The number of benzene rings is 1. The lowest BCUT2D eigenvalue weighted by Crippen LogP contribution is -1.96. The maximum absolute atomic E-state index is 4.58. The van der Waals surface area contributed by atoms with Crippen LogP contribution in [0.15, 0.2) is 30.3 Å². The third-order valence-corrected chi connectivity index (χ3v) is 3.73. The minimum absolute atomic E-state index is 0.572.